The number of nitrogens with two attached hydrogens (primary N) is 1. The van der Waals surface area contributed by atoms with E-state index in [9.17, 15) is 0 Å². The molecule has 0 aromatic heterocycles. The third-order valence-electron chi connectivity index (χ3n) is 3.77. The van der Waals surface area contributed by atoms with Crippen LogP contribution in [0.2, 0.25) is 0 Å². The van der Waals surface area contributed by atoms with Crippen molar-refractivity contribution < 1.29 is 9.47 Å². The van der Waals surface area contributed by atoms with E-state index in [1.807, 2.05) is 78.9 Å². The summed E-state index contributed by atoms with van der Waals surface area (Å²) >= 11 is 0. The van der Waals surface area contributed by atoms with Crippen LogP contribution in [0.4, 0.5) is 0 Å². The molecule has 3 heteroatoms. The zero-order valence-corrected chi connectivity index (χ0v) is 13.5. The maximum Gasteiger partial charge on any atom is 0.128 e. The van der Waals surface area contributed by atoms with E-state index < -0.39 is 0 Å². The van der Waals surface area contributed by atoms with Crippen LogP contribution in [0.25, 0.3) is 0 Å². The van der Waals surface area contributed by atoms with Gasteiger partial charge in [-0.3, -0.25) is 0 Å². The minimum atomic E-state index is 0.370. The van der Waals surface area contributed by atoms with Gasteiger partial charge in [-0.2, -0.15) is 0 Å². The van der Waals surface area contributed by atoms with Gasteiger partial charge in [-0.05, 0) is 23.3 Å². The molecule has 0 radical (unpaired) electrons. The van der Waals surface area contributed by atoms with Gasteiger partial charge in [0.25, 0.3) is 0 Å². The summed E-state index contributed by atoms with van der Waals surface area (Å²) in [7, 11) is 0. The lowest BCUT2D eigenvalue weighted by Crippen LogP contribution is -2.06. The Morgan fingerprint density at radius 3 is 1.46 bits per heavy atom. The molecule has 2 N–H and O–H groups in total. The second-order valence-corrected chi connectivity index (χ2v) is 5.49. The molecule has 0 aliphatic rings. The number of hydrogen-bond acceptors (Lipinski definition) is 3. The molecule has 0 unspecified atom stereocenters. The van der Waals surface area contributed by atoms with E-state index in [-0.39, 0.29) is 0 Å². The molecule has 0 spiro atoms. The summed E-state index contributed by atoms with van der Waals surface area (Å²) < 4.78 is 11.9. The summed E-state index contributed by atoms with van der Waals surface area (Å²) in [5, 5.41) is 0. The monoisotopic (exact) mass is 319 g/mol. The molecule has 3 nitrogen and oxygen atoms in total. The largest absolute Gasteiger partial charge is 0.488 e. The predicted molar refractivity (Wildman–Crippen MR) is 95.9 cm³/mol. The Hall–Kier alpha value is -2.78. The van der Waals surface area contributed by atoms with E-state index in [2.05, 4.69) is 0 Å². The summed E-state index contributed by atoms with van der Waals surface area (Å²) in [5.41, 5.74) is 9.07. The Bertz CT molecular complexity index is 696. The summed E-state index contributed by atoms with van der Waals surface area (Å²) in [5.74, 6) is 1.54. The highest BCUT2D eigenvalue weighted by Gasteiger charge is 2.10. The quantitative estimate of drug-likeness (QED) is 0.706. The van der Waals surface area contributed by atoms with Crippen molar-refractivity contribution in [3.05, 3.63) is 95.6 Å². The molecule has 3 aromatic carbocycles. The molecule has 0 fully saturated rings. The van der Waals surface area contributed by atoms with E-state index in [4.69, 9.17) is 15.2 Å². The van der Waals surface area contributed by atoms with Crippen LogP contribution >= 0.6 is 0 Å². The van der Waals surface area contributed by atoms with Crippen molar-refractivity contribution in [1.29, 1.82) is 0 Å². The van der Waals surface area contributed by atoms with E-state index in [0.29, 0.717) is 19.8 Å². The van der Waals surface area contributed by atoms with E-state index in [1.54, 1.807) is 0 Å². The summed E-state index contributed by atoms with van der Waals surface area (Å²) in [4.78, 5) is 0. The van der Waals surface area contributed by atoms with E-state index >= 15 is 0 Å². The second-order valence-electron chi connectivity index (χ2n) is 5.49. The van der Waals surface area contributed by atoms with E-state index in [0.717, 1.165) is 28.2 Å². The van der Waals surface area contributed by atoms with Crippen LogP contribution < -0.4 is 15.2 Å². The molecule has 0 atom stereocenters. The molecule has 122 valence electrons. The third-order valence-corrected chi connectivity index (χ3v) is 3.77. The number of rotatable bonds is 7. The van der Waals surface area contributed by atoms with Gasteiger partial charge in [0.15, 0.2) is 0 Å². The van der Waals surface area contributed by atoms with Crippen molar-refractivity contribution in [3.63, 3.8) is 0 Å². The minimum absolute atomic E-state index is 0.370. The average Bonchev–Trinajstić information content (AvgIpc) is 2.66. The lowest BCUT2D eigenvalue weighted by Gasteiger charge is -2.15. The zero-order chi connectivity index (χ0) is 16.6. The van der Waals surface area contributed by atoms with Gasteiger partial charge in [0.2, 0.25) is 0 Å². The highest BCUT2D eigenvalue weighted by molar-refractivity contribution is 5.45. The molecule has 3 aromatic rings. The molecule has 0 aliphatic carbocycles. The molecule has 0 bridgehead atoms. The maximum atomic E-state index is 5.95. The van der Waals surface area contributed by atoms with Crippen LogP contribution in [-0.2, 0) is 19.8 Å². The first-order chi connectivity index (χ1) is 11.9. The van der Waals surface area contributed by atoms with Crippen molar-refractivity contribution in [2.75, 3.05) is 0 Å². The fourth-order valence-corrected chi connectivity index (χ4v) is 2.49. The van der Waals surface area contributed by atoms with Crippen LogP contribution in [0.3, 0.4) is 0 Å². The molecule has 0 heterocycles. The van der Waals surface area contributed by atoms with Gasteiger partial charge in [0.1, 0.15) is 24.7 Å². The van der Waals surface area contributed by atoms with Gasteiger partial charge < -0.3 is 15.2 Å². The minimum Gasteiger partial charge on any atom is -0.488 e. The first-order valence-corrected chi connectivity index (χ1v) is 8.02. The summed E-state index contributed by atoms with van der Waals surface area (Å²) in [6, 6.07) is 25.9. The SMILES string of the molecule is NCc1c(OCc2ccccc2)cccc1OCc1ccccc1. The molecule has 0 saturated carbocycles. The van der Waals surface area contributed by atoms with Crippen molar-refractivity contribution in [2.24, 2.45) is 5.73 Å². The standard InChI is InChI=1S/C21H21NO2/c22-14-19-20(23-15-17-8-3-1-4-9-17)12-7-13-21(19)24-16-18-10-5-2-6-11-18/h1-13H,14-16,22H2. The Morgan fingerprint density at radius 2 is 1.04 bits per heavy atom. The topological polar surface area (TPSA) is 44.5 Å². The van der Waals surface area contributed by atoms with Gasteiger partial charge in [-0.1, -0.05) is 66.7 Å². The summed E-state index contributed by atoms with van der Waals surface area (Å²) in [6.07, 6.45) is 0. The first-order valence-electron chi connectivity index (χ1n) is 8.02. The Balaban J connectivity index is 1.71. The van der Waals surface area contributed by atoms with Gasteiger partial charge in [-0.15, -0.1) is 0 Å². The number of benzene rings is 3. The van der Waals surface area contributed by atoms with Crippen LogP contribution in [0.15, 0.2) is 78.9 Å². The fraction of sp³-hybridized carbons (Fsp3) is 0.143. The zero-order valence-electron chi connectivity index (χ0n) is 13.5. The van der Waals surface area contributed by atoms with E-state index in [1.165, 1.54) is 0 Å². The van der Waals surface area contributed by atoms with Crippen molar-refractivity contribution in [1.82, 2.24) is 0 Å². The van der Waals surface area contributed by atoms with Crippen LogP contribution in [0.5, 0.6) is 11.5 Å². The average molecular weight is 319 g/mol. The lowest BCUT2D eigenvalue weighted by molar-refractivity contribution is 0.284. The number of ether oxygens (including phenoxy) is 2. The van der Waals surface area contributed by atoms with Crippen molar-refractivity contribution >= 4 is 0 Å². The molecule has 0 saturated heterocycles. The Labute approximate surface area is 142 Å². The molecule has 24 heavy (non-hydrogen) atoms. The number of hydrogen-bond donors (Lipinski definition) is 1. The Kier molecular flexibility index (Phi) is 5.48. The lowest BCUT2D eigenvalue weighted by atomic mass is 10.1. The normalized spacial score (nSPS) is 10.4. The van der Waals surface area contributed by atoms with Crippen molar-refractivity contribution in [2.45, 2.75) is 19.8 Å². The third kappa shape index (κ3) is 4.15. The maximum absolute atomic E-state index is 5.95. The van der Waals surface area contributed by atoms with Crippen LogP contribution in [-0.4, -0.2) is 0 Å². The molecular weight excluding hydrogens is 298 g/mol. The molecule has 0 aliphatic heterocycles. The summed E-state index contributed by atoms with van der Waals surface area (Å²) in [6.45, 7) is 1.39. The molecular formula is C21H21NO2. The molecule has 3 rings (SSSR count). The van der Waals surface area contributed by atoms with Crippen LogP contribution in [0.1, 0.15) is 16.7 Å². The molecule has 0 amide bonds. The Morgan fingerprint density at radius 1 is 0.583 bits per heavy atom. The first kappa shape index (κ1) is 16.1. The smallest absolute Gasteiger partial charge is 0.128 e. The fourth-order valence-electron chi connectivity index (χ4n) is 2.49. The highest BCUT2D eigenvalue weighted by atomic mass is 16.5. The van der Waals surface area contributed by atoms with Gasteiger partial charge in [0.05, 0.1) is 0 Å². The van der Waals surface area contributed by atoms with Gasteiger partial charge in [0, 0.05) is 12.1 Å². The van der Waals surface area contributed by atoms with Gasteiger partial charge >= 0.3 is 0 Å². The van der Waals surface area contributed by atoms with Gasteiger partial charge in [-0.25, -0.2) is 0 Å². The highest BCUT2D eigenvalue weighted by Crippen LogP contribution is 2.29. The predicted octanol–water partition coefficient (Wildman–Crippen LogP) is 4.30. The second kappa shape index (κ2) is 8.18. The van der Waals surface area contributed by atoms with Crippen LogP contribution in [0, 0.1) is 0 Å². The van der Waals surface area contributed by atoms with Crippen molar-refractivity contribution in [3.8, 4) is 11.5 Å².